The number of amides is 1. The van der Waals surface area contributed by atoms with Crippen LogP contribution in [0.5, 0.6) is 11.5 Å². The lowest BCUT2D eigenvalue weighted by atomic mass is 10.0. The molecular weight excluding hydrogens is 530 g/mol. The van der Waals surface area contributed by atoms with E-state index < -0.39 is 11.6 Å². The molecule has 4 rings (SSSR count). The zero-order valence-electron chi connectivity index (χ0n) is 22.9. The van der Waals surface area contributed by atoms with Crippen molar-refractivity contribution < 1.29 is 24.2 Å². The maximum absolute atomic E-state index is 12.5. The highest BCUT2D eigenvalue weighted by Crippen LogP contribution is 2.31. The molecule has 0 aromatic heterocycles. The zero-order chi connectivity index (χ0) is 28.5. The van der Waals surface area contributed by atoms with Crippen molar-refractivity contribution in [1.29, 1.82) is 0 Å². The minimum Gasteiger partial charge on any atom is -0.488 e. The molecule has 8 nitrogen and oxygen atoms in total. The van der Waals surface area contributed by atoms with Gasteiger partial charge in [-0.2, -0.15) is 0 Å². The Balaban J connectivity index is 1.38. The van der Waals surface area contributed by atoms with Crippen LogP contribution in [0.15, 0.2) is 72.8 Å². The molecule has 40 heavy (non-hydrogen) atoms. The van der Waals surface area contributed by atoms with Crippen LogP contribution < -0.4 is 20.1 Å². The summed E-state index contributed by atoms with van der Waals surface area (Å²) in [5, 5.41) is 18.1. The lowest BCUT2D eigenvalue weighted by molar-refractivity contribution is -0.114. The Labute approximate surface area is 240 Å². The number of aliphatic hydroxyl groups is 1. The number of ether oxygens (including phenoxy) is 2. The second-order valence-electron chi connectivity index (χ2n) is 10.4. The lowest BCUT2D eigenvalue weighted by Crippen LogP contribution is -2.53. The first-order valence-corrected chi connectivity index (χ1v) is 13.8. The summed E-state index contributed by atoms with van der Waals surface area (Å²) >= 11 is 6.04. The number of nitrogens with one attached hydrogen (secondary N) is 2. The van der Waals surface area contributed by atoms with E-state index in [0.717, 1.165) is 37.4 Å². The van der Waals surface area contributed by atoms with Gasteiger partial charge in [0.25, 0.3) is 0 Å². The molecule has 1 saturated heterocycles. The highest BCUT2D eigenvalue weighted by Gasteiger charge is 2.28. The van der Waals surface area contributed by atoms with Crippen molar-refractivity contribution >= 4 is 29.2 Å². The molecule has 1 aliphatic rings. The molecule has 3 aromatic carbocycles. The second-order valence-corrected chi connectivity index (χ2v) is 10.8. The van der Waals surface area contributed by atoms with E-state index in [1.807, 2.05) is 30.3 Å². The van der Waals surface area contributed by atoms with Crippen LogP contribution in [0.25, 0.3) is 0 Å². The highest BCUT2D eigenvalue weighted by molar-refractivity contribution is 6.30. The normalized spacial score (nSPS) is 17.1. The molecule has 0 aliphatic carbocycles. The van der Waals surface area contributed by atoms with Crippen LogP contribution in [0, 0.1) is 0 Å². The van der Waals surface area contributed by atoms with Crippen LogP contribution in [0.4, 0.5) is 5.69 Å². The van der Waals surface area contributed by atoms with Gasteiger partial charge in [0.2, 0.25) is 5.91 Å². The number of hydrogen-bond acceptors (Lipinski definition) is 7. The van der Waals surface area contributed by atoms with Crippen molar-refractivity contribution in [3.63, 3.8) is 0 Å². The van der Waals surface area contributed by atoms with E-state index in [-0.39, 0.29) is 30.2 Å². The Kier molecular flexibility index (Phi) is 10.2. The average Bonchev–Trinajstić information content (AvgIpc) is 2.94. The molecule has 1 heterocycles. The minimum atomic E-state index is -1.21. The summed E-state index contributed by atoms with van der Waals surface area (Å²) in [5.41, 5.74) is 0.801. The summed E-state index contributed by atoms with van der Waals surface area (Å²) in [4.78, 5) is 26.6. The second kappa shape index (κ2) is 13.8. The van der Waals surface area contributed by atoms with Gasteiger partial charge in [-0.3, -0.25) is 15.0 Å². The van der Waals surface area contributed by atoms with Gasteiger partial charge in [0.05, 0.1) is 17.4 Å². The fraction of sp³-hybridized carbons (Fsp3) is 0.355. The van der Waals surface area contributed by atoms with Gasteiger partial charge in [-0.1, -0.05) is 41.9 Å². The third kappa shape index (κ3) is 8.79. The van der Waals surface area contributed by atoms with Crippen molar-refractivity contribution in [1.82, 2.24) is 10.2 Å². The topological polar surface area (TPSA) is 100 Å². The minimum absolute atomic E-state index is 0.0490. The number of carbonyl (C=O) groups excluding carboxylic acids is 2. The first kappa shape index (κ1) is 29.6. The smallest absolute Gasteiger partial charge is 0.343 e. The van der Waals surface area contributed by atoms with Crippen LogP contribution in [-0.4, -0.2) is 53.3 Å². The van der Waals surface area contributed by atoms with Gasteiger partial charge in [-0.15, -0.1) is 0 Å². The molecule has 0 saturated carbocycles. The molecular formula is C31H36ClN3O5. The van der Waals surface area contributed by atoms with Crippen molar-refractivity contribution in [2.45, 2.75) is 51.4 Å². The Morgan fingerprint density at radius 3 is 2.55 bits per heavy atom. The fourth-order valence-corrected chi connectivity index (χ4v) is 4.70. The first-order valence-electron chi connectivity index (χ1n) is 13.4. The lowest BCUT2D eigenvalue weighted by Gasteiger charge is -2.38. The molecule has 2 atom stereocenters. The summed E-state index contributed by atoms with van der Waals surface area (Å²) in [6.07, 6.45) is 3.34. The first-order chi connectivity index (χ1) is 19.2. The Morgan fingerprint density at radius 2 is 1.82 bits per heavy atom. The van der Waals surface area contributed by atoms with Crippen LogP contribution in [0.1, 0.15) is 49.0 Å². The number of esters is 1. The Hall–Kier alpha value is -3.43. The van der Waals surface area contributed by atoms with Gasteiger partial charge in [0, 0.05) is 31.1 Å². The number of carbonyl (C=O) groups is 2. The van der Waals surface area contributed by atoms with Crippen molar-refractivity contribution in [2.24, 2.45) is 0 Å². The van der Waals surface area contributed by atoms with Crippen LogP contribution in [0.2, 0.25) is 5.02 Å². The van der Waals surface area contributed by atoms with Crippen LogP contribution in [-0.2, 0) is 11.3 Å². The van der Waals surface area contributed by atoms with Crippen molar-refractivity contribution in [2.75, 3.05) is 25.0 Å². The average molecular weight is 566 g/mol. The number of anilines is 1. The van der Waals surface area contributed by atoms with Crippen molar-refractivity contribution in [3.05, 3.63) is 88.9 Å². The predicted octanol–water partition coefficient (Wildman–Crippen LogP) is 5.25. The molecule has 3 N–H and O–H groups in total. The third-order valence-electron chi connectivity index (χ3n) is 6.65. The van der Waals surface area contributed by atoms with Gasteiger partial charge in [-0.05, 0) is 74.7 Å². The summed E-state index contributed by atoms with van der Waals surface area (Å²) in [5.74, 6) is -0.234. The number of piperidine rings is 1. The maximum Gasteiger partial charge on any atom is 0.343 e. The summed E-state index contributed by atoms with van der Waals surface area (Å²) in [6.45, 7) is 5.10. The number of nitrogens with zero attached hydrogens (tertiary/aromatic N) is 1. The predicted molar refractivity (Wildman–Crippen MR) is 156 cm³/mol. The number of likely N-dealkylation sites (tertiary alicyclic amines) is 1. The number of benzene rings is 3. The third-order valence-corrected chi connectivity index (χ3v) is 6.91. The van der Waals surface area contributed by atoms with Crippen molar-refractivity contribution in [3.8, 4) is 11.5 Å². The molecule has 212 valence electrons. The zero-order valence-corrected chi connectivity index (χ0v) is 23.6. The highest BCUT2D eigenvalue weighted by atomic mass is 35.5. The van der Waals surface area contributed by atoms with E-state index >= 15 is 0 Å². The van der Waals surface area contributed by atoms with E-state index in [1.54, 1.807) is 43.3 Å². The molecule has 1 unspecified atom stereocenters. The number of rotatable bonds is 11. The Bertz CT molecular complexity index is 1280. The van der Waals surface area contributed by atoms with Gasteiger partial charge in [0.15, 0.2) is 0 Å². The molecule has 0 bridgehead atoms. The Morgan fingerprint density at radius 1 is 1.07 bits per heavy atom. The molecule has 1 fully saturated rings. The van der Waals surface area contributed by atoms with Gasteiger partial charge >= 0.3 is 5.97 Å². The molecule has 9 heteroatoms. The van der Waals surface area contributed by atoms with E-state index in [4.69, 9.17) is 21.1 Å². The summed E-state index contributed by atoms with van der Waals surface area (Å²) in [7, 11) is 0. The summed E-state index contributed by atoms with van der Waals surface area (Å²) < 4.78 is 11.5. The van der Waals surface area contributed by atoms with E-state index in [1.165, 1.54) is 18.6 Å². The molecule has 3 aromatic rings. The van der Waals surface area contributed by atoms with Gasteiger partial charge in [0.1, 0.15) is 23.7 Å². The SMILES string of the molecule is CC(=O)Nc1ccc(OC(=O)c2ccccc2)cc1OC[C@@](C)(O)CNC1CCCCN1Cc1ccc(Cl)cc1. The standard InChI is InChI=1S/C31H36ClN3O5/c1-22(36)34-27-16-15-26(40-30(37)24-8-4-3-5-9-24)18-28(27)39-21-31(2,38)20-33-29-10-6-7-17-35(29)19-23-11-13-25(32)14-12-23/h3-5,8-9,11-16,18,29,33,38H,6-7,10,17,19-21H2,1-2H3,(H,34,36)/t29?,31-/m0/s1. The molecule has 1 aliphatic heterocycles. The molecule has 1 amide bonds. The maximum atomic E-state index is 12.5. The van der Waals surface area contributed by atoms with Crippen LogP contribution >= 0.6 is 11.6 Å². The van der Waals surface area contributed by atoms with Crippen LogP contribution in [0.3, 0.4) is 0 Å². The van der Waals surface area contributed by atoms with Gasteiger partial charge < -0.3 is 19.9 Å². The fourth-order valence-electron chi connectivity index (χ4n) is 4.58. The largest absolute Gasteiger partial charge is 0.488 e. The monoisotopic (exact) mass is 565 g/mol. The van der Waals surface area contributed by atoms with Gasteiger partial charge in [-0.25, -0.2) is 4.79 Å². The molecule has 0 spiro atoms. The number of halogens is 1. The quantitative estimate of drug-likeness (QED) is 0.216. The number of hydrogen-bond donors (Lipinski definition) is 3. The summed E-state index contributed by atoms with van der Waals surface area (Å²) in [6, 6.07) is 21.3. The van der Waals surface area contributed by atoms with E-state index in [2.05, 4.69) is 15.5 Å². The molecule has 0 radical (unpaired) electrons. The van der Waals surface area contributed by atoms with E-state index in [0.29, 0.717) is 17.8 Å². The van der Waals surface area contributed by atoms with E-state index in [9.17, 15) is 14.7 Å².